The van der Waals surface area contributed by atoms with Crippen molar-refractivity contribution in [2.24, 2.45) is 0 Å². The van der Waals surface area contributed by atoms with E-state index < -0.39 is 0 Å². The fraction of sp³-hybridized carbons (Fsp3) is 0.240. The molecule has 0 radical (unpaired) electrons. The van der Waals surface area contributed by atoms with Gasteiger partial charge in [0, 0.05) is 10.6 Å². The molecule has 0 aliphatic carbocycles. The second-order valence-corrected chi connectivity index (χ2v) is 8.80. The summed E-state index contributed by atoms with van der Waals surface area (Å²) in [7, 11) is 3.29. The number of rotatable bonds is 7. The second-order valence-electron chi connectivity index (χ2n) is 7.71. The Labute approximate surface area is 187 Å². The molecule has 0 bridgehead atoms. The van der Waals surface area contributed by atoms with Gasteiger partial charge in [-0.15, -0.1) is 0 Å². The largest absolute Gasteiger partial charge is 0.493 e. The van der Waals surface area contributed by atoms with Crippen LogP contribution in [0.15, 0.2) is 71.6 Å². The number of hydrogen-bond donors (Lipinski definition) is 0. The van der Waals surface area contributed by atoms with Gasteiger partial charge >= 0.3 is 0 Å². The first-order chi connectivity index (χ1) is 15.0. The van der Waals surface area contributed by atoms with Gasteiger partial charge in [0.05, 0.1) is 26.5 Å². The first-order valence-electron chi connectivity index (χ1n) is 10.1. The number of methoxy groups -OCH3 is 2. The summed E-state index contributed by atoms with van der Waals surface area (Å²) >= 11 is 1.63. The van der Waals surface area contributed by atoms with Crippen LogP contribution in [0.2, 0.25) is 0 Å². The third-order valence-electron chi connectivity index (χ3n) is 4.88. The van der Waals surface area contributed by atoms with Crippen LogP contribution in [0.1, 0.15) is 25.2 Å². The highest BCUT2D eigenvalue weighted by Gasteiger charge is 2.23. The van der Waals surface area contributed by atoms with Crippen molar-refractivity contribution >= 4 is 23.7 Å². The highest BCUT2D eigenvalue weighted by Crippen LogP contribution is 2.36. The molecule has 5 nitrogen and oxygen atoms in total. The Kier molecular flexibility index (Phi) is 6.09. The number of para-hydroxylation sites is 1. The summed E-state index contributed by atoms with van der Waals surface area (Å²) < 4.78 is 19.1. The minimum Gasteiger partial charge on any atom is -0.493 e. The van der Waals surface area contributed by atoms with E-state index in [0.29, 0.717) is 18.0 Å². The zero-order chi connectivity index (χ0) is 21.8. The molecule has 2 heterocycles. The fourth-order valence-corrected chi connectivity index (χ4v) is 4.28. The predicted molar refractivity (Wildman–Crippen MR) is 126 cm³/mol. The van der Waals surface area contributed by atoms with E-state index in [9.17, 15) is 0 Å². The van der Waals surface area contributed by atoms with Crippen LogP contribution in [-0.2, 0) is 6.54 Å². The Morgan fingerprint density at radius 1 is 0.968 bits per heavy atom. The minimum absolute atomic E-state index is 0.310. The lowest BCUT2D eigenvalue weighted by Gasteiger charge is -2.28. The van der Waals surface area contributed by atoms with Crippen LogP contribution in [0.4, 0.5) is 5.69 Å². The van der Waals surface area contributed by atoms with Gasteiger partial charge < -0.3 is 18.5 Å². The Hall–Kier alpha value is -3.12. The standard InChI is InChI=1S/C25H26N2O3S/c1-25(2)15-14-21-22(30-25)12-10-18(26-21)17-27(19-8-6-5-7-9-19)31-20-11-13-23(28-3)24(16-20)29-4/h5-16H,17H2,1-4H3. The quantitative estimate of drug-likeness (QED) is 0.425. The van der Waals surface area contributed by atoms with Crippen molar-refractivity contribution in [3.63, 3.8) is 0 Å². The Balaban J connectivity index is 1.61. The lowest BCUT2D eigenvalue weighted by molar-refractivity contribution is 0.158. The van der Waals surface area contributed by atoms with Crippen molar-refractivity contribution < 1.29 is 14.2 Å². The maximum atomic E-state index is 6.01. The summed E-state index contributed by atoms with van der Waals surface area (Å²) in [4.78, 5) is 5.88. The summed E-state index contributed by atoms with van der Waals surface area (Å²) in [6.45, 7) is 4.71. The van der Waals surface area contributed by atoms with Gasteiger partial charge in [-0.3, -0.25) is 0 Å². The molecule has 1 aliphatic heterocycles. The van der Waals surface area contributed by atoms with Crippen molar-refractivity contribution in [3.05, 3.63) is 78.1 Å². The maximum absolute atomic E-state index is 6.01. The molecule has 0 unspecified atom stereocenters. The number of anilines is 1. The van der Waals surface area contributed by atoms with Gasteiger partial charge in [-0.2, -0.15) is 0 Å². The first-order valence-corrected chi connectivity index (χ1v) is 10.9. The lowest BCUT2D eigenvalue weighted by atomic mass is 10.1. The topological polar surface area (TPSA) is 43.8 Å². The van der Waals surface area contributed by atoms with Crippen LogP contribution in [0, 0.1) is 0 Å². The van der Waals surface area contributed by atoms with Gasteiger partial charge in [0.1, 0.15) is 17.0 Å². The SMILES string of the molecule is COc1ccc(SN(Cc2ccc3c(n2)C=CC(C)(C)O3)c2ccccc2)cc1OC. The van der Waals surface area contributed by atoms with Crippen LogP contribution in [-0.4, -0.2) is 24.8 Å². The highest BCUT2D eigenvalue weighted by atomic mass is 32.2. The Bertz CT molecular complexity index is 1080. The monoisotopic (exact) mass is 434 g/mol. The van der Waals surface area contributed by atoms with Crippen LogP contribution in [0.5, 0.6) is 17.2 Å². The summed E-state index contributed by atoms with van der Waals surface area (Å²) in [5.74, 6) is 2.23. The zero-order valence-corrected chi connectivity index (χ0v) is 19.0. The van der Waals surface area contributed by atoms with Crippen molar-refractivity contribution in [2.75, 3.05) is 18.5 Å². The van der Waals surface area contributed by atoms with Crippen molar-refractivity contribution in [1.29, 1.82) is 0 Å². The van der Waals surface area contributed by atoms with Crippen molar-refractivity contribution in [1.82, 2.24) is 4.98 Å². The Morgan fingerprint density at radius 3 is 2.48 bits per heavy atom. The summed E-state index contributed by atoms with van der Waals surface area (Å²) in [5, 5.41) is 0. The summed E-state index contributed by atoms with van der Waals surface area (Å²) in [6.07, 6.45) is 4.08. The molecule has 1 aromatic heterocycles. The van der Waals surface area contributed by atoms with Crippen LogP contribution in [0.25, 0.3) is 6.08 Å². The molecule has 0 spiro atoms. The van der Waals surface area contributed by atoms with E-state index in [0.717, 1.165) is 27.7 Å². The average Bonchev–Trinajstić information content (AvgIpc) is 2.78. The van der Waals surface area contributed by atoms with Gasteiger partial charge in [0.2, 0.25) is 0 Å². The molecule has 6 heteroatoms. The van der Waals surface area contributed by atoms with Crippen LogP contribution in [0.3, 0.4) is 0 Å². The number of hydrogen-bond acceptors (Lipinski definition) is 6. The van der Waals surface area contributed by atoms with Gasteiger partial charge in [-0.05, 0) is 80.4 Å². The van der Waals surface area contributed by atoms with E-state index in [1.54, 1.807) is 26.2 Å². The molecule has 0 atom stereocenters. The third kappa shape index (κ3) is 4.97. The molecule has 2 aromatic carbocycles. The molecular formula is C25H26N2O3S. The molecule has 0 N–H and O–H groups in total. The minimum atomic E-state index is -0.310. The molecule has 0 saturated carbocycles. The van der Waals surface area contributed by atoms with Gasteiger partial charge in [0.25, 0.3) is 0 Å². The number of pyridine rings is 1. The third-order valence-corrected chi connectivity index (χ3v) is 5.90. The number of benzene rings is 2. The maximum Gasteiger partial charge on any atom is 0.161 e. The number of aromatic nitrogens is 1. The Morgan fingerprint density at radius 2 is 1.74 bits per heavy atom. The fourth-order valence-electron chi connectivity index (χ4n) is 3.31. The average molecular weight is 435 g/mol. The zero-order valence-electron chi connectivity index (χ0n) is 18.2. The van der Waals surface area contributed by atoms with Crippen LogP contribution >= 0.6 is 11.9 Å². The second kappa shape index (κ2) is 8.94. The highest BCUT2D eigenvalue weighted by molar-refractivity contribution is 8.00. The van der Waals surface area contributed by atoms with E-state index in [-0.39, 0.29) is 5.60 Å². The molecule has 160 valence electrons. The number of ether oxygens (including phenoxy) is 3. The molecule has 1 aliphatic rings. The van der Waals surface area contributed by atoms with E-state index in [1.165, 1.54) is 0 Å². The summed E-state index contributed by atoms with van der Waals surface area (Å²) in [6, 6.07) is 20.3. The van der Waals surface area contributed by atoms with Crippen molar-refractivity contribution in [2.45, 2.75) is 30.9 Å². The summed E-state index contributed by atoms with van der Waals surface area (Å²) in [5.41, 5.74) is 2.61. The molecule has 31 heavy (non-hydrogen) atoms. The molecule has 0 saturated heterocycles. The van der Waals surface area contributed by atoms with Crippen molar-refractivity contribution in [3.8, 4) is 17.2 Å². The van der Waals surface area contributed by atoms with Gasteiger partial charge in [0.15, 0.2) is 11.5 Å². The first kappa shape index (κ1) is 21.1. The molecule has 3 aromatic rings. The van der Waals surface area contributed by atoms with E-state index in [4.69, 9.17) is 19.2 Å². The normalized spacial score (nSPS) is 13.8. The molecule has 0 amide bonds. The number of fused-ring (bicyclic) bond motifs is 1. The van der Waals surface area contributed by atoms with Gasteiger partial charge in [-0.1, -0.05) is 18.2 Å². The van der Waals surface area contributed by atoms with E-state index >= 15 is 0 Å². The molecular weight excluding hydrogens is 408 g/mol. The van der Waals surface area contributed by atoms with E-state index in [2.05, 4.69) is 16.4 Å². The molecule has 0 fully saturated rings. The number of nitrogens with zero attached hydrogens (tertiary/aromatic N) is 2. The predicted octanol–water partition coefficient (Wildman–Crippen LogP) is 6.00. The molecule has 4 rings (SSSR count). The van der Waals surface area contributed by atoms with E-state index in [1.807, 2.05) is 74.5 Å². The van der Waals surface area contributed by atoms with Crippen LogP contribution < -0.4 is 18.5 Å². The smallest absolute Gasteiger partial charge is 0.161 e. The van der Waals surface area contributed by atoms with Gasteiger partial charge in [-0.25, -0.2) is 4.98 Å². The lowest BCUT2D eigenvalue weighted by Crippen LogP contribution is -2.28.